The lowest BCUT2D eigenvalue weighted by molar-refractivity contribution is -0.142. The molecule has 4 nitrogen and oxygen atoms in total. The highest BCUT2D eigenvalue weighted by Gasteiger charge is 2.23. The molecule has 1 heterocycles. The molecule has 0 spiro atoms. The van der Waals surface area contributed by atoms with Crippen molar-refractivity contribution in [3.8, 4) is 0 Å². The van der Waals surface area contributed by atoms with Gasteiger partial charge in [-0.05, 0) is 35.7 Å². The molecule has 0 aliphatic heterocycles. The van der Waals surface area contributed by atoms with E-state index in [1.54, 1.807) is 6.92 Å². The van der Waals surface area contributed by atoms with Gasteiger partial charge in [0.1, 0.15) is 6.04 Å². The van der Waals surface area contributed by atoms with Crippen molar-refractivity contribution in [1.82, 2.24) is 5.32 Å². The number of thiophene rings is 1. The molecule has 2 N–H and O–H groups in total. The van der Waals surface area contributed by atoms with Gasteiger partial charge in [-0.2, -0.15) is 11.3 Å². The van der Waals surface area contributed by atoms with Crippen LogP contribution in [0.15, 0.2) is 16.8 Å². The summed E-state index contributed by atoms with van der Waals surface area (Å²) in [4.78, 5) is 23.0. The first kappa shape index (κ1) is 14.7. The zero-order chi connectivity index (χ0) is 13.5. The Labute approximate surface area is 111 Å². The van der Waals surface area contributed by atoms with E-state index in [1.807, 2.05) is 23.8 Å². The maximum atomic E-state index is 11.9. The van der Waals surface area contributed by atoms with E-state index < -0.39 is 12.0 Å². The molecular weight excluding hydrogens is 250 g/mol. The van der Waals surface area contributed by atoms with Gasteiger partial charge in [0, 0.05) is 0 Å². The summed E-state index contributed by atoms with van der Waals surface area (Å²) in [6.07, 6.45) is 2.19. The Hall–Kier alpha value is -1.36. The summed E-state index contributed by atoms with van der Waals surface area (Å²) in [5.74, 6) is -1.49. The highest BCUT2D eigenvalue weighted by Crippen LogP contribution is 2.18. The topological polar surface area (TPSA) is 66.4 Å². The van der Waals surface area contributed by atoms with Crippen molar-refractivity contribution in [2.24, 2.45) is 0 Å². The lowest BCUT2D eigenvalue weighted by atomic mass is 10.0. The van der Waals surface area contributed by atoms with Crippen LogP contribution < -0.4 is 5.32 Å². The third-order valence-corrected chi connectivity index (χ3v) is 3.60. The third-order valence-electron chi connectivity index (χ3n) is 2.90. The van der Waals surface area contributed by atoms with E-state index in [0.717, 1.165) is 18.4 Å². The monoisotopic (exact) mass is 269 g/mol. The SMILES string of the molecule is CCCC[C@H](NC(=O)C(C)c1ccsc1)C(=O)O. The molecule has 0 radical (unpaired) electrons. The van der Waals surface area contributed by atoms with Crippen molar-refractivity contribution < 1.29 is 14.7 Å². The maximum absolute atomic E-state index is 11.9. The Morgan fingerprint density at radius 3 is 2.72 bits per heavy atom. The number of carboxylic acid groups (broad SMARTS) is 1. The van der Waals surface area contributed by atoms with Crippen LogP contribution in [0, 0.1) is 0 Å². The molecule has 0 saturated heterocycles. The summed E-state index contributed by atoms with van der Waals surface area (Å²) in [5.41, 5.74) is 0.928. The van der Waals surface area contributed by atoms with Crippen LogP contribution in [0.1, 0.15) is 44.6 Å². The molecule has 5 heteroatoms. The molecular formula is C13H19NO3S. The van der Waals surface area contributed by atoms with E-state index in [0.29, 0.717) is 6.42 Å². The average Bonchev–Trinajstić information content (AvgIpc) is 2.86. The van der Waals surface area contributed by atoms with Crippen molar-refractivity contribution in [1.29, 1.82) is 0 Å². The quantitative estimate of drug-likeness (QED) is 0.799. The number of unbranched alkanes of at least 4 members (excludes halogenated alkanes) is 1. The van der Waals surface area contributed by atoms with Crippen LogP contribution in [0.5, 0.6) is 0 Å². The van der Waals surface area contributed by atoms with Crippen LogP contribution in [-0.2, 0) is 9.59 Å². The largest absolute Gasteiger partial charge is 0.480 e. The zero-order valence-corrected chi connectivity index (χ0v) is 11.5. The number of carbonyl (C=O) groups excluding carboxylic acids is 1. The number of hydrogen-bond donors (Lipinski definition) is 2. The van der Waals surface area contributed by atoms with Gasteiger partial charge in [-0.25, -0.2) is 4.79 Å². The van der Waals surface area contributed by atoms with Gasteiger partial charge in [-0.1, -0.05) is 19.8 Å². The van der Waals surface area contributed by atoms with E-state index in [4.69, 9.17) is 5.11 Å². The minimum Gasteiger partial charge on any atom is -0.480 e. The van der Waals surface area contributed by atoms with Crippen LogP contribution in [-0.4, -0.2) is 23.0 Å². The first-order valence-corrected chi connectivity index (χ1v) is 7.05. The Kier molecular flexibility index (Phi) is 5.85. The molecule has 18 heavy (non-hydrogen) atoms. The van der Waals surface area contributed by atoms with Crippen LogP contribution in [0.3, 0.4) is 0 Å². The fraction of sp³-hybridized carbons (Fsp3) is 0.538. The first-order chi connectivity index (χ1) is 8.56. The second kappa shape index (κ2) is 7.16. The van der Waals surface area contributed by atoms with Gasteiger partial charge in [0.15, 0.2) is 0 Å². The number of carbonyl (C=O) groups is 2. The normalized spacial score (nSPS) is 13.9. The fourth-order valence-electron chi connectivity index (χ4n) is 1.64. The van der Waals surface area contributed by atoms with E-state index in [2.05, 4.69) is 5.32 Å². The number of hydrogen-bond acceptors (Lipinski definition) is 3. The summed E-state index contributed by atoms with van der Waals surface area (Å²) < 4.78 is 0. The molecule has 1 amide bonds. The molecule has 0 fully saturated rings. The van der Waals surface area contributed by atoms with E-state index in [9.17, 15) is 9.59 Å². The predicted molar refractivity (Wildman–Crippen MR) is 71.8 cm³/mol. The molecule has 0 aromatic carbocycles. The summed E-state index contributed by atoms with van der Waals surface area (Å²) in [6.45, 7) is 3.78. The number of aliphatic carboxylic acids is 1. The van der Waals surface area contributed by atoms with Crippen LogP contribution in [0.4, 0.5) is 0 Å². The molecule has 2 atom stereocenters. The molecule has 1 aromatic rings. The van der Waals surface area contributed by atoms with Gasteiger partial charge in [0.05, 0.1) is 5.92 Å². The molecule has 0 aliphatic rings. The molecule has 0 bridgehead atoms. The second-order valence-electron chi connectivity index (χ2n) is 4.32. The summed E-state index contributed by atoms with van der Waals surface area (Å²) >= 11 is 1.53. The minimum absolute atomic E-state index is 0.225. The van der Waals surface area contributed by atoms with Crippen molar-refractivity contribution in [2.75, 3.05) is 0 Å². The highest BCUT2D eigenvalue weighted by atomic mass is 32.1. The summed E-state index contributed by atoms with van der Waals surface area (Å²) in [5, 5.41) is 15.5. The van der Waals surface area contributed by atoms with Gasteiger partial charge in [-0.15, -0.1) is 0 Å². The Balaban J connectivity index is 2.58. The van der Waals surface area contributed by atoms with Gasteiger partial charge < -0.3 is 10.4 Å². The smallest absolute Gasteiger partial charge is 0.326 e. The number of rotatable bonds is 7. The second-order valence-corrected chi connectivity index (χ2v) is 5.10. The van der Waals surface area contributed by atoms with Crippen LogP contribution in [0.25, 0.3) is 0 Å². The third kappa shape index (κ3) is 4.14. The molecule has 0 aliphatic carbocycles. The van der Waals surface area contributed by atoms with E-state index in [1.165, 1.54) is 11.3 Å². The fourth-order valence-corrected chi connectivity index (χ4v) is 2.39. The Bertz CT molecular complexity index is 389. The van der Waals surface area contributed by atoms with Crippen molar-refractivity contribution >= 4 is 23.2 Å². The summed E-state index contributed by atoms with van der Waals surface area (Å²) in [7, 11) is 0. The summed E-state index contributed by atoms with van der Waals surface area (Å²) in [6, 6.07) is 1.11. The van der Waals surface area contributed by atoms with Crippen molar-refractivity contribution in [3.05, 3.63) is 22.4 Å². The Morgan fingerprint density at radius 2 is 2.22 bits per heavy atom. The standard InChI is InChI=1S/C13H19NO3S/c1-3-4-5-11(13(16)17)14-12(15)9(2)10-6-7-18-8-10/h6-9,11H,3-5H2,1-2H3,(H,14,15)(H,16,17)/t9?,11-/m0/s1. The number of carboxylic acids is 1. The molecule has 1 aromatic heterocycles. The van der Waals surface area contributed by atoms with Gasteiger partial charge >= 0.3 is 5.97 Å². The Morgan fingerprint density at radius 1 is 1.50 bits per heavy atom. The lowest BCUT2D eigenvalue weighted by Crippen LogP contribution is -2.42. The van der Waals surface area contributed by atoms with Gasteiger partial charge in [-0.3, -0.25) is 4.79 Å². The molecule has 0 saturated carbocycles. The highest BCUT2D eigenvalue weighted by molar-refractivity contribution is 7.08. The van der Waals surface area contributed by atoms with Crippen molar-refractivity contribution in [3.63, 3.8) is 0 Å². The van der Waals surface area contributed by atoms with Gasteiger partial charge in [0.2, 0.25) is 5.91 Å². The first-order valence-electron chi connectivity index (χ1n) is 6.11. The maximum Gasteiger partial charge on any atom is 0.326 e. The van der Waals surface area contributed by atoms with E-state index in [-0.39, 0.29) is 11.8 Å². The number of amides is 1. The lowest BCUT2D eigenvalue weighted by Gasteiger charge is -2.17. The molecule has 100 valence electrons. The molecule has 1 unspecified atom stereocenters. The van der Waals surface area contributed by atoms with Crippen LogP contribution >= 0.6 is 11.3 Å². The molecule has 1 rings (SSSR count). The number of nitrogens with one attached hydrogen (secondary N) is 1. The zero-order valence-electron chi connectivity index (χ0n) is 10.7. The minimum atomic E-state index is -0.964. The average molecular weight is 269 g/mol. The van der Waals surface area contributed by atoms with E-state index >= 15 is 0 Å². The van der Waals surface area contributed by atoms with Crippen molar-refractivity contribution in [2.45, 2.75) is 45.1 Å². The van der Waals surface area contributed by atoms with Gasteiger partial charge in [0.25, 0.3) is 0 Å². The predicted octanol–water partition coefficient (Wildman–Crippen LogP) is 2.61. The van der Waals surface area contributed by atoms with Crippen LogP contribution in [0.2, 0.25) is 0 Å².